The highest BCUT2D eigenvalue weighted by atomic mass is 32.1. The highest BCUT2D eigenvalue weighted by Gasteiger charge is 2.41. The average Bonchev–Trinajstić information content (AvgIpc) is 3.65. The van der Waals surface area contributed by atoms with Crippen LogP contribution in [0.2, 0.25) is 0 Å². The Balaban J connectivity index is 1.21. The average molecular weight is 586 g/mol. The van der Waals surface area contributed by atoms with Gasteiger partial charge in [0.15, 0.2) is 23.1 Å². The molecule has 0 saturated carbocycles. The quantitative estimate of drug-likeness (QED) is 0.250. The molecule has 0 spiro atoms. The van der Waals surface area contributed by atoms with Crippen LogP contribution >= 0.6 is 11.3 Å². The molecule has 4 heterocycles. The van der Waals surface area contributed by atoms with Gasteiger partial charge in [-0.25, -0.2) is 13.8 Å². The monoisotopic (exact) mass is 585 g/mol. The lowest BCUT2D eigenvalue weighted by Crippen LogP contribution is -2.34. The Morgan fingerprint density at radius 3 is 2.58 bits per heavy atom. The topological polar surface area (TPSA) is 72.7 Å². The van der Waals surface area contributed by atoms with E-state index in [2.05, 4.69) is 10.1 Å². The Morgan fingerprint density at radius 2 is 1.90 bits per heavy atom. The van der Waals surface area contributed by atoms with Gasteiger partial charge >= 0.3 is 6.18 Å². The highest BCUT2D eigenvalue weighted by Crippen LogP contribution is 2.42. The summed E-state index contributed by atoms with van der Waals surface area (Å²) in [6, 6.07) is 3.45. The Labute approximate surface area is 231 Å². The van der Waals surface area contributed by atoms with E-state index < -0.39 is 29.3 Å². The molecule has 2 saturated heterocycles. The maximum Gasteiger partial charge on any atom is 0.437 e. The van der Waals surface area contributed by atoms with Gasteiger partial charge in [0.25, 0.3) is 0 Å². The fourth-order valence-electron chi connectivity index (χ4n) is 5.23. The van der Waals surface area contributed by atoms with Gasteiger partial charge in [-0.15, -0.1) is 11.3 Å². The highest BCUT2D eigenvalue weighted by molar-refractivity contribution is 7.11. The van der Waals surface area contributed by atoms with Crippen molar-refractivity contribution in [2.45, 2.75) is 50.9 Å². The van der Waals surface area contributed by atoms with E-state index >= 15 is 0 Å². The van der Waals surface area contributed by atoms with Crippen molar-refractivity contribution in [3.63, 3.8) is 0 Å². The van der Waals surface area contributed by atoms with Gasteiger partial charge in [-0.05, 0) is 38.3 Å². The first-order valence-electron chi connectivity index (χ1n) is 12.9. The molecule has 14 heteroatoms. The van der Waals surface area contributed by atoms with E-state index in [1.165, 1.54) is 6.07 Å². The number of hydrogen-bond donors (Lipinski definition) is 0. The molecule has 2 aliphatic heterocycles. The first kappa shape index (κ1) is 28.4. The maximum atomic E-state index is 13.8. The summed E-state index contributed by atoms with van der Waals surface area (Å²) in [5.74, 6) is -1.86. The molecule has 0 radical (unpaired) electrons. The minimum atomic E-state index is -4.63. The second-order valence-electron chi connectivity index (χ2n) is 9.67. The van der Waals surface area contributed by atoms with E-state index in [4.69, 9.17) is 9.57 Å². The molecule has 3 aromatic rings. The molecule has 0 amide bonds. The molecular weight excluding hydrogens is 557 g/mol. The number of carbonyl (C=O) groups excluding carboxylic acids is 1. The SMILES string of the molecule is Cc1c(N2CCC(c3ncc(C4CCON4CCOc4c(F)cccc4F)s3)CC2)c(C(F)(F)F)nn1CC=O. The molecule has 1 unspecified atom stereocenters. The van der Waals surface area contributed by atoms with Crippen LogP contribution in [-0.4, -0.2) is 59.0 Å². The Morgan fingerprint density at radius 1 is 1.18 bits per heavy atom. The van der Waals surface area contributed by atoms with Crippen LogP contribution in [0.4, 0.5) is 27.6 Å². The molecule has 8 nitrogen and oxygen atoms in total. The predicted molar refractivity (Wildman–Crippen MR) is 136 cm³/mol. The summed E-state index contributed by atoms with van der Waals surface area (Å²) >= 11 is 1.55. The van der Waals surface area contributed by atoms with Gasteiger partial charge in [-0.3, -0.25) is 9.52 Å². The summed E-state index contributed by atoms with van der Waals surface area (Å²) in [4.78, 5) is 23.9. The molecule has 1 atom stereocenters. The maximum absolute atomic E-state index is 13.8. The first-order chi connectivity index (χ1) is 19.2. The van der Waals surface area contributed by atoms with Gasteiger partial charge in [0.05, 0.1) is 42.1 Å². The number of para-hydroxylation sites is 1. The van der Waals surface area contributed by atoms with E-state index in [9.17, 15) is 26.7 Å². The fraction of sp³-hybridized carbons (Fsp3) is 0.500. The lowest BCUT2D eigenvalue weighted by atomic mass is 9.97. The number of ether oxygens (including phenoxy) is 1. The molecule has 2 aromatic heterocycles. The van der Waals surface area contributed by atoms with Gasteiger partial charge in [0, 0.05) is 30.1 Å². The lowest BCUT2D eigenvalue weighted by Gasteiger charge is -2.33. The number of piperidine rings is 1. The number of halogens is 5. The largest absolute Gasteiger partial charge is 0.486 e. The van der Waals surface area contributed by atoms with Gasteiger partial charge in [0.2, 0.25) is 0 Å². The summed E-state index contributed by atoms with van der Waals surface area (Å²) in [7, 11) is 0. The Hall–Kier alpha value is -3.10. The number of hydrogen-bond acceptors (Lipinski definition) is 8. The number of aldehydes is 1. The molecule has 0 bridgehead atoms. The number of carbonyl (C=O) groups is 1. The molecule has 216 valence electrons. The van der Waals surface area contributed by atoms with Crippen LogP contribution in [-0.2, 0) is 22.4 Å². The van der Waals surface area contributed by atoms with Crippen molar-refractivity contribution in [1.29, 1.82) is 0 Å². The van der Waals surface area contributed by atoms with Gasteiger partial charge in [0.1, 0.15) is 12.9 Å². The van der Waals surface area contributed by atoms with Crippen molar-refractivity contribution in [2.75, 3.05) is 37.7 Å². The minimum absolute atomic E-state index is 0.0290. The molecule has 40 heavy (non-hydrogen) atoms. The Kier molecular flexibility index (Phi) is 8.38. The van der Waals surface area contributed by atoms with Crippen molar-refractivity contribution in [3.05, 3.63) is 57.3 Å². The predicted octanol–water partition coefficient (Wildman–Crippen LogP) is 5.29. The summed E-state index contributed by atoms with van der Waals surface area (Å²) in [6.45, 7) is 2.93. The van der Waals surface area contributed by atoms with Gasteiger partial charge in [-0.2, -0.15) is 23.3 Å². The number of hydroxylamine groups is 2. The summed E-state index contributed by atoms with van der Waals surface area (Å²) < 4.78 is 75.2. The number of anilines is 1. The standard InChI is InChI=1S/C26H28F5N5O3S/c1-16-22(24(26(29,30)31)33-35(16)10-12-37)34-8-5-17(6-9-34)25-32-15-21(40-25)20-7-13-39-36(20)11-14-38-23-18(27)3-2-4-19(23)28/h2-4,12,15,17,20H,5-11,13-14H2,1H3. The van der Waals surface area contributed by atoms with E-state index in [0.29, 0.717) is 51.1 Å². The third kappa shape index (κ3) is 5.84. The Bertz CT molecular complexity index is 1320. The zero-order chi connectivity index (χ0) is 28.4. The van der Waals surface area contributed by atoms with Crippen molar-refractivity contribution in [2.24, 2.45) is 0 Å². The van der Waals surface area contributed by atoms with Crippen LogP contribution in [0.1, 0.15) is 52.5 Å². The summed E-state index contributed by atoms with van der Waals surface area (Å²) in [6.07, 6.45) is -0.337. The van der Waals surface area contributed by atoms with Crippen LogP contribution in [0.15, 0.2) is 24.4 Å². The number of rotatable bonds is 9. The van der Waals surface area contributed by atoms with Gasteiger partial charge in [-0.1, -0.05) is 6.07 Å². The number of thiazole rings is 1. The van der Waals surface area contributed by atoms with Crippen LogP contribution in [0, 0.1) is 18.6 Å². The van der Waals surface area contributed by atoms with Crippen LogP contribution in [0.25, 0.3) is 0 Å². The lowest BCUT2D eigenvalue weighted by molar-refractivity contribution is -0.141. The zero-order valence-corrected chi connectivity index (χ0v) is 22.5. The minimum Gasteiger partial charge on any atom is -0.486 e. The molecule has 1 aromatic carbocycles. The third-order valence-electron chi connectivity index (χ3n) is 7.19. The number of nitrogens with zero attached hydrogens (tertiary/aromatic N) is 5. The van der Waals surface area contributed by atoms with Crippen LogP contribution in [0.5, 0.6) is 5.75 Å². The summed E-state index contributed by atoms with van der Waals surface area (Å²) in [5, 5.41) is 6.32. The number of alkyl halides is 3. The van der Waals surface area contributed by atoms with Gasteiger partial charge < -0.3 is 14.4 Å². The number of benzene rings is 1. The van der Waals surface area contributed by atoms with E-state index in [1.807, 2.05) is 0 Å². The van der Waals surface area contributed by atoms with Crippen molar-refractivity contribution in [3.8, 4) is 5.75 Å². The third-order valence-corrected chi connectivity index (χ3v) is 8.46. The van der Waals surface area contributed by atoms with E-state index in [0.717, 1.165) is 33.1 Å². The molecule has 0 N–H and O–H groups in total. The van der Waals surface area contributed by atoms with E-state index in [1.54, 1.807) is 34.4 Å². The fourth-order valence-corrected chi connectivity index (χ4v) is 6.45. The first-order valence-corrected chi connectivity index (χ1v) is 13.7. The molecule has 5 rings (SSSR count). The van der Waals surface area contributed by atoms with Crippen molar-refractivity contribution >= 4 is 23.3 Å². The van der Waals surface area contributed by atoms with Crippen LogP contribution < -0.4 is 9.64 Å². The van der Waals surface area contributed by atoms with Crippen molar-refractivity contribution < 1.29 is 36.3 Å². The molecule has 2 fully saturated rings. The smallest absolute Gasteiger partial charge is 0.437 e. The summed E-state index contributed by atoms with van der Waals surface area (Å²) in [5.41, 5.74) is -0.619. The second kappa shape index (κ2) is 11.8. The molecule has 0 aliphatic carbocycles. The van der Waals surface area contributed by atoms with Crippen molar-refractivity contribution in [1.82, 2.24) is 19.8 Å². The van der Waals surface area contributed by atoms with Crippen LogP contribution in [0.3, 0.4) is 0 Å². The number of aromatic nitrogens is 3. The normalized spacial score (nSPS) is 18.9. The molecule has 2 aliphatic rings. The molecular formula is C26H28F5N5O3S. The second-order valence-corrected chi connectivity index (χ2v) is 10.8. The van der Waals surface area contributed by atoms with E-state index in [-0.39, 0.29) is 30.8 Å². The zero-order valence-electron chi connectivity index (χ0n) is 21.7.